The number of nitriles is 1. The monoisotopic (exact) mass is 320 g/mol. The van der Waals surface area contributed by atoms with Crippen molar-refractivity contribution in [2.24, 2.45) is 7.05 Å². The second kappa shape index (κ2) is 5.81. The molecule has 1 aliphatic rings. The molecule has 1 aliphatic heterocycles. The summed E-state index contributed by atoms with van der Waals surface area (Å²) in [5.41, 5.74) is 2.93. The quantitative estimate of drug-likeness (QED) is 0.690. The van der Waals surface area contributed by atoms with Crippen molar-refractivity contribution >= 4 is 0 Å². The smallest absolute Gasteiger partial charge is 0.258 e. The molecule has 2 aromatic heterocycles. The van der Waals surface area contributed by atoms with E-state index in [1.807, 2.05) is 43.7 Å². The first-order valence-corrected chi connectivity index (χ1v) is 7.84. The lowest BCUT2D eigenvalue weighted by Gasteiger charge is -2.13. The van der Waals surface area contributed by atoms with Crippen LogP contribution in [0.2, 0.25) is 0 Å². The van der Waals surface area contributed by atoms with Crippen LogP contribution in [0.25, 0.3) is 22.6 Å². The van der Waals surface area contributed by atoms with Crippen LogP contribution in [0.1, 0.15) is 24.7 Å². The van der Waals surface area contributed by atoms with E-state index < -0.39 is 0 Å². The van der Waals surface area contributed by atoms with Gasteiger partial charge in [-0.2, -0.15) is 15.3 Å². The van der Waals surface area contributed by atoms with Crippen molar-refractivity contribution in [1.82, 2.24) is 24.8 Å². The van der Waals surface area contributed by atoms with Crippen molar-refractivity contribution in [1.29, 1.82) is 5.26 Å². The van der Waals surface area contributed by atoms with Crippen LogP contribution in [0.3, 0.4) is 0 Å². The minimum absolute atomic E-state index is 0.0750. The van der Waals surface area contributed by atoms with Crippen molar-refractivity contribution in [2.45, 2.75) is 18.9 Å². The van der Waals surface area contributed by atoms with Crippen molar-refractivity contribution < 1.29 is 4.52 Å². The Bertz CT molecular complexity index is 906. The third kappa shape index (κ3) is 2.52. The van der Waals surface area contributed by atoms with E-state index in [0.717, 1.165) is 36.1 Å². The lowest BCUT2D eigenvalue weighted by atomic mass is 10.1. The van der Waals surface area contributed by atoms with Gasteiger partial charge in [0.25, 0.3) is 5.89 Å². The number of benzene rings is 1. The van der Waals surface area contributed by atoms with Gasteiger partial charge in [0, 0.05) is 30.9 Å². The first-order valence-electron chi connectivity index (χ1n) is 7.84. The van der Waals surface area contributed by atoms with Crippen molar-refractivity contribution in [3.05, 3.63) is 42.5 Å². The SMILES string of the molecule is Cn1cc(-c2cccc(-c3nc(C4CCCN4C#N)no3)c2)cn1. The molecular formula is C17H16N6O. The Balaban J connectivity index is 1.64. The maximum atomic E-state index is 9.17. The van der Waals surface area contributed by atoms with Crippen LogP contribution in [0.4, 0.5) is 0 Å². The summed E-state index contributed by atoms with van der Waals surface area (Å²) >= 11 is 0. The topological polar surface area (TPSA) is 83.8 Å². The van der Waals surface area contributed by atoms with Gasteiger partial charge in [-0.05, 0) is 30.5 Å². The molecule has 0 saturated carbocycles. The van der Waals surface area contributed by atoms with E-state index >= 15 is 0 Å². The zero-order valence-electron chi connectivity index (χ0n) is 13.3. The number of rotatable bonds is 3. The normalized spacial score (nSPS) is 17.2. The Morgan fingerprint density at radius 1 is 1.29 bits per heavy atom. The molecule has 3 heterocycles. The van der Waals surface area contributed by atoms with Crippen molar-refractivity contribution in [3.8, 4) is 28.8 Å². The molecule has 0 radical (unpaired) electrons. The standard InChI is InChI=1S/C17H16N6O/c1-22-10-14(9-19-22)12-4-2-5-13(8-12)17-20-16(21-24-17)15-6-3-7-23(15)11-18/h2,4-5,8-10,15H,3,6-7H2,1H3. The number of aryl methyl sites for hydroxylation is 1. The van der Waals surface area contributed by atoms with Crippen LogP contribution in [0, 0.1) is 11.5 Å². The minimum Gasteiger partial charge on any atom is -0.334 e. The van der Waals surface area contributed by atoms with Gasteiger partial charge in [0.2, 0.25) is 0 Å². The minimum atomic E-state index is -0.0750. The number of nitrogens with zero attached hydrogens (tertiary/aromatic N) is 6. The largest absolute Gasteiger partial charge is 0.334 e. The van der Waals surface area contributed by atoms with Gasteiger partial charge in [0.05, 0.1) is 6.20 Å². The predicted octanol–water partition coefficient (Wildman–Crippen LogP) is 2.76. The molecule has 1 atom stereocenters. The Kier molecular flexibility index (Phi) is 3.50. The third-order valence-electron chi connectivity index (χ3n) is 4.27. The molecule has 120 valence electrons. The summed E-state index contributed by atoms with van der Waals surface area (Å²) in [5.74, 6) is 1.05. The molecule has 7 nitrogen and oxygen atoms in total. The summed E-state index contributed by atoms with van der Waals surface area (Å²) in [6.45, 7) is 0.752. The van der Waals surface area contributed by atoms with E-state index in [-0.39, 0.29) is 6.04 Å². The highest BCUT2D eigenvalue weighted by atomic mass is 16.5. The van der Waals surface area contributed by atoms with Gasteiger partial charge < -0.3 is 4.52 Å². The lowest BCUT2D eigenvalue weighted by molar-refractivity contribution is 0.339. The molecule has 24 heavy (non-hydrogen) atoms. The molecule has 4 rings (SSSR count). The van der Waals surface area contributed by atoms with Crippen LogP contribution in [-0.4, -0.2) is 31.4 Å². The summed E-state index contributed by atoms with van der Waals surface area (Å²) in [7, 11) is 1.89. The summed E-state index contributed by atoms with van der Waals surface area (Å²) in [6.07, 6.45) is 7.83. The van der Waals surface area contributed by atoms with E-state index in [9.17, 15) is 0 Å². The summed E-state index contributed by atoms with van der Waals surface area (Å²) in [5, 5.41) is 17.5. The first-order chi connectivity index (χ1) is 11.7. The highest BCUT2D eigenvalue weighted by Crippen LogP contribution is 2.31. The number of likely N-dealkylation sites (tertiary alicyclic amines) is 1. The van der Waals surface area contributed by atoms with E-state index in [4.69, 9.17) is 9.78 Å². The summed E-state index contributed by atoms with van der Waals surface area (Å²) in [4.78, 5) is 6.22. The molecule has 0 bridgehead atoms. The van der Waals surface area contributed by atoms with Crippen molar-refractivity contribution in [2.75, 3.05) is 6.54 Å². The highest BCUT2D eigenvalue weighted by Gasteiger charge is 2.29. The third-order valence-corrected chi connectivity index (χ3v) is 4.27. The predicted molar refractivity (Wildman–Crippen MR) is 86.2 cm³/mol. The highest BCUT2D eigenvalue weighted by molar-refractivity contribution is 5.68. The van der Waals surface area contributed by atoms with E-state index in [0.29, 0.717) is 11.7 Å². The zero-order valence-corrected chi connectivity index (χ0v) is 13.3. The Morgan fingerprint density at radius 3 is 2.96 bits per heavy atom. The molecular weight excluding hydrogens is 304 g/mol. The molecule has 0 aliphatic carbocycles. The molecule has 0 amide bonds. The number of hydrogen-bond donors (Lipinski definition) is 0. The van der Waals surface area contributed by atoms with Gasteiger partial charge in [0.1, 0.15) is 6.04 Å². The van der Waals surface area contributed by atoms with Gasteiger partial charge >= 0.3 is 0 Å². The molecule has 1 fully saturated rings. The van der Waals surface area contributed by atoms with Crippen LogP contribution < -0.4 is 0 Å². The van der Waals surface area contributed by atoms with E-state index in [2.05, 4.69) is 21.4 Å². The molecule has 7 heteroatoms. The van der Waals surface area contributed by atoms with Crippen LogP contribution in [0.5, 0.6) is 0 Å². The Labute approximate surface area is 139 Å². The maximum absolute atomic E-state index is 9.17. The Morgan fingerprint density at radius 2 is 2.17 bits per heavy atom. The molecule has 0 N–H and O–H groups in total. The fourth-order valence-electron chi connectivity index (χ4n) is 3.04. The van der Waals surface area contributed by atoms with Crippen LogP contribution in [-0.2, 0) is 7.05 Å². The second-order valence-corrected chi connectivity index (χ2v) is 5.89. The number of aromatic nitrogens is 4. The maximum Gasteiger partial charge on any atom is 0.258 e. The fraction of sp³-hybridized carbons (Fsp3) is 0.294. The van der Waals surface area contributed by atoms with Crippen LogP contribution >= 0.6 is 0 Å². The molecule has 1 unspecified atom stereocenters. The van der Waals surface area contributed by atoms with E-state index in [1.165, 1.54) is 0 Å². The van der Waals surface area contributed by atoms with Crippen LogP contribution in [0.15, 0.2) is 41.2 Å². The second-order valence-electron chi connectivity index (χ2n) is 5.89. The zero-order chi connectivity index (χ0) is 16.5. The fourth-order valence-corrected chi connectivity index (χ4v) is 3.04. The lowest BCUT2D eigenvalue weighted by Crippen LogP contribution is -2.17. The first kappa shape index (κ1) is 14.5. The average Bonchev–Trinajstić information content (AvgIpc) is 3.34. The molecule has 1 saturated heterocycles. The number of hydrogen-bond acceptors (Lipinski definition) is 6. The molecule has 1 aromatic carbocycles. The Hall–Kier alpha value is -3.14. The summed E-state index contributed by atoms with van der Waals surface area (Å²) < 4.78 is 7.20. The van der Waals surface area contributed by atoms with Gasteiger partial charge in [-0.25, -0.2) is 0 Å². The van der Waals surface area contributed by atoms with E-state index in [1.54, 1.807) is 9.58 Å². The van der Waals surface area contributed by atoms with Crippen molar-refractivity contribution in [3.63, 3.8) is 0 Å². The molecule has 3 aromatic rings. The molecule has 0 spiro atoms. The average molecular weight is 320 g/mol. The summed E-state index contributed by atoms with van der Waals surface area (Å²) in [6, 6.07) is 7.85. The van der Waals surface area contributed by atoms with Gasteiger partial charge in [-0.1, -0.05) is 17.3 Å². The van der Waals surface area contributed by atoms with Gasteiger partial charge in [-0.15, -0.1) is 0 Å². The van der Waals surface area contributed by atoms with Gasteiger partial charge in [-0.3, -0.25) is 9.58 Å². The van der Waals surface area contributed by atoms with Gasteiger partial charge in [0.15, 0.2) is 12.0 Å².